The fraction of sp³-hybridized carbons (Fsp3) is 0.263. The van der Waals surface area contributed by atoms with E-state index in [1.54, 1.807) is 25.1 Å². The van der Waals surface area contributed by atoms with E-state index in [1.807, 2.05) is 42.5 Å². The number of hydrogen-bond donors (Lipinski definition) is 0. The van der Waals surface area contributed by atoms with Gasteiger partial charge in [-0.2, -0.15) is 0 Å². The normalized spacial score (nSPS) is 10.5. The van der Waals surface area contributed by atoms with Crippen molar-refractivity contribution in [2.75, 3.05) is 13.7 Å². The smallest absolute Gasteiger partial charge is 0.267 e. The molecule has 1 amide bonds. The summed E-state index contributed by atoms with van der Waals surface area (Å²) >= 11 is 1.13. The molecule has 6 nitrogen and oxygen atoms in total. The number of ether oxygens (including phenoxy) is 1. The van der Waals surface area contributed by atoms with Crippen LogP contribution in [0.1, 0.15) is 26.6 Å². The molecule has 0 atom stereocenters. The number of pyridine rings is 1. The predicted molar refractivity (Wildman–Crippen MR) is 100 cm³/mol. The van der Waals surface area contributed by atoms with Crippen molar-refractivity contribution in [3.63, 3.8) is 0 Å². The first-order valence-corrected chi connectivity index (χ1v) is 9.06. The van der Waals surface area contributed by atoms with Gasteiger partial charge in [-0.25, -0.2) is 0 Å². The van der Waals surface area contributed by atoms with E-state index in [0.717, 1.165) is 35.0 Å². The Kier molecular flexibility index (Phi) is 5.91. The number of amides is 1. The molecule has 0 aliphatic heterocycles. The number of aromatic nitrogens is 3. The number of carbonyl (C=O) groups is 1. The lowest BCUT2D eigenvalue weighted by molar-refractivity contribution is 0.0747. The zero-order chi connectivity index (χ0) is 18.4. The largest absolute Gasteiger partial charge is 0.497 e. The number of carbonyl (C=O) groups excluding carboxylic acids is 1. The van der Waals surface area contributed by atoms with Gasteiger partial charge in [0.15, 0.2) is 0 Å². The Hall–Kier alpha value is -2.80. The van der Waals surface area contributed by atoms with Crippen LogP contribution in [-0.4, -0.2) is 39.0 Å². The van der Waals surface area contributed by atoms with Gasteiger partial charge >= 0.3 is 0 Å². The highest BCUT2D eigenvalue weighted by molar-refractivity contribution is 7.07. The summed E-state index contributed by atoms with van der Waals surface area (Å²) < 4.78 is 9.07. The van der Waals surface area contributed by atoms with Gasteiger partial charge in [-0.3, -0.25) is 9.78 Å². The van der Waals surface area contributed by atoms with Crippen molar-refractivity contribution in [3.8, 4) is 5.75 Å². The Morgan fingerprint density at radius 3 is 2.62 bits per heavy atom. The summed E-state index contributed by atoms with van der Waals surface area (Å²) in [6.45, 7) is 2.84. The first-order chi connectivity index (χ1) is 12.7. The summed E-state index contributed by atoms with van der Waals surface area (Å²) in [4.78, 5) is 19.7. The zero-order valence-corrected chi connectivity index (χ0v) is 15.6. The molecular formula is C19H20N4O2S. The summed E-state index contributed by atoms with van der Waals surface area (Å²) in [7, 11) is 1.65. The van der Waals surface area contributed by atoms with Crippen LogP contribution in [0.25, 0.3) is 0 Å². The van der Waals surface area contributed by atoms with Gasteiger partial charge in [-0.15, -0.1) is 5.10 Å². The topological polar surface area (TPSA) is 68.2 Å². The van der Waals surface area contributed by atoms with E-state index < -0.39 is 0 Å². The average molecular weight is 368 g/mol. The van der Waals surface area contributed by atoms with Gasteiger partial charge in [0, 0.05) is 12.7 Å². The van der Waals surface area contributed by atoms with Gasteiger partial charge < -0.3 is 9.64 Å². The van der Waals surface area contributed by atoms with Gasteiger partial charge in [0.25, 0.3) is 5.91 Å². The van der Waals surface area contributed by atoms with E-state index in [0.29, 0.717) is 23.7 Å². The predicted octanol–water partition coefficient (Wildman–Crippen LogP) is 3.14. The van der Waals surface area contributed by atoms with Crippen LogP contribution in [0.3, 0.4) is 0 Å². The van der Waals surface area contributed by atoms with Gasteiger partial charge in [0.05, 0.1) is 25.0 Å². The molecule has 0 fully saturated rings. The van der Waals surface area contributed by atoms with E-state index in [4.69, 9.17) is 4.74 Å². The summed E-state index contributed by atoms with van der Waals surface area (Å²) in [6.07, 6.45) is 2.48. The van der Waals surface area contributed by atoms with Crippen molar-refractivity contribution in [2.45, 2.75) is 19.9 Å². The van der Waals surface area contributed by atoms with Gasteiger partial charge in [0.1, 0.15) is 10.6 Å². The van der Waals surface area contributed by atoms with E-state index >= 15 is 0 Å². The highest BCUT2D eigenvalue weighted by atomic mass is 32.1. The maximum absolute atomic E-state index is 13.0. The zero-order valence-electron chi connectivity index (χ0n) is 14.8. The third-order valence-corrected chi connectivity index (χ3v) is 4.86. The van der Waals surface area contributed by atoms with Crippen molar-refractivity contribution in [1.82, 2.24) is 19.5 Å². The molecule has 2 heterocycles. The molecule has 0 saturated heterocycles. The molecule has 0 spiro atoms. The third kappa shape index (κ3) is 4.43. The van der Waals surface area contributed by atoms with Crippen LogP contribution >= 0.6 is 11.5 Å². The second-order valence-corrected chi connectivity index (χ2v) is 6.59. The van der Waals surface area contributed by atoms with Gasteiger partial charge in [-0.1, -0.05) is 22.7 Å². The van der Waals surface area contributed by atoms with Crippen LogP contribution in [0.2, 0.25) is 0 Å². The molecule has 0 aliphatic carbocycles. The summed E-state index contributed by atoms with van der Waals surface area (Å²) in [5, 5.41) is 3.96. The minimum absolute atomic E-state index is 0.0586. The molecule has 1 aromatic carbocycles. The van der Waals surface area contributed by atoms with E-state index in [9.17, 15) is 4.79 Å². The number of methoxy groups -OCH3 is 1. The van der Waals surface area contributed by atoms with Crippen LogP contribution in [0.5, 0.6) is 5.75 Å². The fourth-order valence-electron chi connectivity index (χ4n) is 2.57. The molecule has 0 saturated carbocycles. The molecule has 0 bridgehead atoms. The third-order valence-electron chi connectivity index (χ3n) is 4.04. The van der Waals surface area contributed by atoms with Crippen molar-refractivity contribution in [1.29, 1.82) is 0 Å². The first-order valence-electron chi connectivity index (χ1n) is 8.28. The number of nitrogens with zero attached hydrogens (tertiary/aromatic N) is 4. The minimum atomic E-state index is -0.0586. The Balaban J connectivity index is 1.75. The maximum Gasteiger partial charge on any atom is 0.267 e. The average Bonchev–Trinajstić information content (AvgIpc) is 3.11. The fourth-order valence-corrected chi connectivity index (χ4v) is 3.19. The molecule has 0 radical (unpaired) electrons. The molecule has 3 rings (SSSR count). The highest BCUT2D eigenvalue weighted by Gasteiger charge is 2.21. The lowest BCUT2D eigenvalue weighted by atomic mass is 10.1. The quantitative estimate of drug-likeness (QED) is 0.641. The molecule has 3 aromatic rings. The Morgan fingerprint density at radius 1 is 1.19 bits per heavy atom. The molecule has 2 aromatic heterocycles. The molecule has 0 aliphatic rings. The monoisotopic (exact) mass is 368 g/mol. The lowest BCUT2D eigenvalue weighted by Crippen LogP contribution is -2.32. The van der Waals surface area contributed by atoms with E-state index in [-0.39, 0.29) is 5.91 Å². The van der Waals surface area contributed by atoms with Crippen LogP contribution in [0, 0.1) is 6.92 Å². The second kappa shape index (κ2) is 8.53. The number of benzene rings is 1. The molecule has 26 heavy (non-hydrogen) atoms. The standard InChI is InChI=1S/C19H20N4O2S/c1-14-18(26-22-21-14)19(24)23(13-16-5-3-4-11-20-16)12-10-15-6-8-17(25-2)9-7-15/h3-9,11H,10,12-13H2,1-2H3. The Bertz CT molecular complexity index is 849. The van der Waals surface area contributed by atoms with Gasteiger partial charge in [0.2, 0.25) is 0 Å². The number of hydrogen-bond acceptors (Lipinski definition) is 6. The van der Waals surface area contributed by atoms with Crippen LogP contribution in [0.15, 0.2) is 48.7 Å². The summed E-state index contributed by atoms with van der Waals surface area (Å²) in [5.41, 5.74) is 2.66. The van der Waals surface area contributed by atoms with E-state index in [2.05, 4.69) is 14.6 Å². The van der Waals surface area contributed by atoms with Crippen molar-refractivity contribution in [2.24, 2.45) is 0 Å². The molecule has 7 heteroatoms. The summed E-state index contributed by atoms with van der Waals surface area (Å²) in [6, 6.07) is 13.6. The summed E-state index contributed by atoms with van der Waals surface area (Å²) in [5.74, 6) is 0.762. The van der Waals surface area contributed by atoms with E-state index in [1.165, 1.54) is 0 Å². The maximum atomic E-state index is 13.0. The Labute approximate surface area is 156 Å². The number of rotatable bonds is 7. The Morgan fingerprint density at radius 2 is 2.00 bits per heavy atom. The van der Waals surface area contributed by atoms with Crippen molar-refractivity contribution < 1.29 is 9.53 Å². The molecule has 134 valence electrons. The van der Waals surface area contributed by atoms with Gasteiger partial charge in [-0.05, 0) is 54.7 Å². The number of aryl methyl sites for hydroxylation is 1. The second-order valence-electron chi connectivity index (χ2n) is 5.83. The van der Waals surface area contributed by atoms with Crippen LogP contribution < -0.4 is 4.74 Å². The van der Waals surface area contributed by atoms with Crippen molar-refractivity contribution in [3.05, 3.63) is 70.5 Å². The highest BCUT2D eigenvalue weighted by Crippen LogP contribution is 2.17. The molecule has 0 N–H and O–H groups in total. The molecular weight excluding hydrogens is 348 g/mol. The SMILES string of the molecule is COc1ccc(CCN(Cc2ccccn2)C(=O)c2snnc2C)cc1. The van der Waals surface area contributed by atoms with Crippen molar-refractivity contribution >= 4 is 17.4 Å². The lowest BCUT2D eigenvalue weighted by Gasteiger charge is -2.22. The van der Waals surface area contributed by atoms with Crippen LogP contribution in [-0.2, 0) is 13.0 Å². The first kappa shape index (κ1) is 18.0. The van der Waals surface area contributed by atoms with Crippen LogP contribution in [0.4, 0.5) is 0 Å². The minimum Gasteiger partial charge on any atom is -0.497 e. The molecule has 0 unspecified atom stereocenters.